The molecular weight excluding hydrogens is 379 g/mol. The third-order valence-corrected chi connectivity index (χ3v) is 4.92. The Bertz CT molecular complexity index is 790. The second kappa shape index (κ2) is 9.73. The average molecular weight is 405 g/mol. The van der Waals surface area contributed by atoms with Gasteiger partial charge < -0.3 is 10.6 Å². The Morgan fingerprint density at radius 1 is 1.21 bits per heavy atom. The van der Waals surface area contributed by atoms with E-state index in [1.165, 1.54) is 0 Å². The van der Waals surface area contributed by atoms with Gasteiger partial charge in [0, 0.05) is 57.6 Å². The molecule has 2 heterocycles. The van der Waals surface area contributed by atoms with Gasteiger partial charge in [-0.25, -0.2) is 0 Å². The van der Waals surface area contributed by atoms with Crippen LogP contribution in [0.4, 0.5) is 13.2 Å². The molecule has 0 amide bonds. The summed E-state index contributed by atoms with van der Waals surface area (Å²) in [5.41, 5.74) is 1.30. The Morgan fingerprint density at radius 2 is 2.00 bits per heavy atom. The quantitative estimate of drug-likeness (QED) is 0.573. The predicted octanol–water partition coefficient (Wildman–Crippen LogP) is 3.08. The summed E-state index contributed by atoms with van der Waals surface area (Å²) in [6.45, 7) is 3.09. The average Bonchev–Trinajstić information content (AvgIpc) is 3.14. The summed E-state index contributed by atoms with van der Waals surface area (Å²) in [7, 11) is 1.74. The number of nitrogens with zero attached hydrogens (tertiary/aromatic N) is 3. The van der Waals surface area contributed by atoms with E-state index in [9.17, 15) is 13.2 Å². The van der Waals surface area contributed by atoms with Crippen molar-refractivity contribution in [2.75, 3.05) is 26.7 Å². The fourth-order valence-corrected chi connectivity index (χ4v) is 3.39. The van der Waals surface area contributed by atoms with Gasteiger partial charge in [0.1, 0.15) is 0 Å². The van der Waals surface area contributed by atoms with Crippen LogP contribution in [-0.2, 0) is 19.1 Å². The molecule has 0 saturated carbocycles. The van der Waals surface area contributed by atoms with Crippen LogP contribution in [0.15, 0.2) is 53.7 Å². The van der Waals surface area contributed by atoms with Crippen molar-refractivity contribution in [1.29, 1.82) is 0 Å². The van der Waals surface area contributed by atoms with Gasteiger partial charge in [-0.1, -0.05) is 18.2 Å². The minimum absolute atomic E-state index is 0.255. The highest BCUT2D eigenvalue weighted by Crippen LogP contribution is 2.29. The number of aromatic nitrogens is 1. The monoisotopic (exact) mass is 405 g/mol. The van der Waals surface area contributed by atoms with Gasteiger partial charge >= 0.3 is 6.18 Å². The largest absolute Gasteiger partial charge is 0.416 e. The van der Waals surface area contributed by atoms with Crippen molar-refractivity contribution < 1.29 is 13.2 Å². The molecule has 5 nitrogen and oxygen atoms in total. The molecule has 156 valence electrons. The minimum atomic E-state index is -4.29. The van der Waals surface area contributed by atoms with Crippen molar-refractivity contribution >= 4 is 5.96 Å². The van der Waals surface area contributed by atoms with Crippen LogP contribution in [0.25, 0.3) is 0 Å². The predicted molar refractivity (Wildman–Crippen MR) is 108 cm³/mol. The van der Waals surface area contributed by atoms with Gasteiger partial charge in [-0.3, -0.25) is 14.9 Å². The summed E-state index contributed by atoms with van der Waals surface area (Å²) in [5.74, 6) is 0.752. The minimum Gasteiger partial charge on any atom is -0.356 e. The fraction of sp³-hybridized carbons (Fsp3) is 0.429. The molecule has 3 rings (SSSR count). The number of hydrogen-bond acceptors (Lipinski definition) is 3. The summed E-state index contributed by atoms with van der Waals surface area (Å²) >= 11 is 0. The highest BCUT2D eigenvalue weighted by atomic mass is 19.4. The van der Waals surface area contributed by atoms with E-state index >= 15 is 0 Å². The first-order chi connectivity index (χ1) is 13.9. The Labute approximate surface area is 169 Å². The molecule has 0 bridgehead atoms. The number of pyridine rings is 1. The van der Waals surface area contributed by atoms with E-state index in [1.54, 1.807) is 25.4 Å². The lowest BCUT2D eigenvalue weighted by Gasteiger charge is -2.19. The zero-order valence-corrected chi connectivity index (χ0v) is 16.4. The fourth-order valence-electron chi connectivity index (χ4n) is 3.39. The van der Waals surface area contributed by atoms with Crippen LogP contribution in [0.5, 0.6) is 0 Å². The second-order valence-corrected chi connectivity index (χ2v) is 7.13. The van der Waals surface area contributed by atoms with Crippen molar-refractivity contribution in [2.24, 2.45) is 4.99 Å². The number of rotatable bonds is 6. The van der Waals surface area contributed by atoms with Crippen LogP contribution in [0, 0.1) is 0 Å². The lowest BCUT2D eigenvalue weighted by Crippen LogP contribution is -2.45. The van der Waals surface area contributed by atoms with Gasteiger partial charge in [0.15, 0.2) is 5.96 Å². The number of halogens is 3. The molecule has 2 N–H and O–H groups in total. The van der Waals surface area contributed by atoms with Crippen LogP contribution < -0.4 is 10.6 Å². The molecule has 1 aromatic heterocycles. The molecule has 8 heteroatoms. The maximum Gasteiger partial charge on any atom is 0.416 e. The van der Waals surface area contributed by atoms with E-state index in [0.29, 0.717) is 6.54 Å². The van der Waals surface area contributed by atoms with Crippen LogP contribution in [0.1, 0.15) is 23.2 Å². The molecule has 0 aliphatic carbocycles. The summed E-state index contributed by atoms with van der Waals surface area (Å²) in [4.78, 5) is 10.8. The number of nitrogens with one attached hydrogen (secondary N) is 2. The number of aliphatic imine (C=N–C) groups is 1. The topological polar surface area (TPSA) is 52.6 Å². The standard InChI is InChI=1S/C21H26F3N5/c1-25-20(27-12-9-18-4-2-3-11-26-18)28-19-10-13-29(15-19)14-16-5-7-17(8-6-16)21(22,23)24/h2-8,11,19H,9-10,12-15H2,1H3,(H2,25,27,28). The lowest BCUT2D eigenvalue weighted by molar-refractivity contribution is -0.137. The van der Waals surface area contributed by atoms with Gasteiger partial charge in [0.2, 0.25) is 0 Å². The maximum atomic E-state index is 12.7. The van der Waals surface area contributed by atoms with Crippen molar-refractivity contribution in [3.63, 3.8) is 0 Å². The molecule has 29 heavy (non-hydrogen) atoms. The summed E-state index contributed by atoms with van der Waals surface area (Å²) < 4.78 is 38.0. The molecule has 2 aromatic rings. The SMILES string of the molecule is CN=C(NCCc1ccccn1)NC1CCN(Cc2ccc(C(F)(F)F)cc2)C1. The third kappa shape index (κ3) is 6.45. The number of hydrogen-bond donors (Lipinski definition) is 2. The summed E-state index contributed by atoms with van der Waals surface area (Å²) in [5, 5.41) is 6.73. The van der Waals surface area contributed by atoms with Crippen molar-refractivity contribution in [1.82, 2.24) is 20.5 Å². The maximum absolute atomic E-state index is 12.7. The van der Waals surface area contributed by atoms with E-state index in [4.69, 9.17) is 0 Å². The lowest BCUT2D eigenvalue weighted by atomic mass is 10.1. The molecule has 1 saturated heterocycles. The van der Waals surface area contributed by atoms with Gasteiger partial charge in [-0.15, -0.1) is 0 Å². The zero-order chi connectivity index (χ0) is 20.7. The highest BCUT2D eigenvalue weighted by Gasteiger charge is 2.30. The van der Waals surface area contributed by atoms with Gasteiger partial charge in [0.05, 0.1) is 5.56 Å². The first-order valence-corrected chi connectivity index (χ1v) is 9.69. The van der Waals surface area contributed by atoms with Gasteiger partial charge in [0.25, 0.3) is 0 Å². The van der Waals surface area contributed by atoms with Crippen LogP contribution in [0.2, 0.25) is 0 Å². The molecule has 1 fully saturated rings. The third-order valence-electron chi connectivity index (χ3n) is 4.92. The number of alkyl halides is 3. The van der Waals surface area contributed by atoms with Crippen molar-refractivity contribution in [2.45, 2.75) is 31.6 Å². The highest BCUT2D eigenvalue weighted by molar-refractivity contribution is 5.80. The van der Waals surface area contributed by atoms with Gasteiger partial charge in [-0.05, 0) is 36.2 Å². The normalized spacial score (nSPS) is 18.1. The summed E-state index contributed by atoms with van der Waals surface area (Å²) in [6, 6.07) is 11.5. The number of guanidine groups is 1. The van der Waals surface area contributed by atoms with E-state index < -0.39 is 11.7 Å². The van der Waals surface area contributed by atoms with E-state index in [-0.39, 0.29) is 6.04 Å². The van der Waals surface area contributed by atoms with Crippen LogP contribution in [-0.4, -0.2) is 48.6 Å². The smallest absolute Gasteiger partial charge is 0.356 e. The van der Waals surface area contributed by atoms with Crippen molar-refractivity contribution in [3.8, 4) is 0 Å². The molecule has 0 radical (unpaired) electrons. The van der Waals surface area contributed by atoms with E-state index in [1.807, 2.05) is 18.2 Å². The molecule has 1 aromatic carbocycles. The molecular formula is C21H26F3N5. The van der Waals surface area contributed by atoms with Gasteiger partial charge in [-0.2, -0.15) is 13.2 Å². The second-order valence-electron chi connectivity index (χ2n) is 7.13. The number of likely N-dealkylation sites (tertiary alicyclic amines) is 1. The molecule has 1 atom stereocenters. The Balaban J connectivity index is 1.42. The molecule has 0 spiro atoms. The van der Waals surface area contributed by atoms with Crippen LogP contribution in [0.3, 0.4) is 0 Å². The first kappa shape index (κ1) is 21.1. The first-order valence-electron chi connectivity index (χ1n) is 9.69. The van der Waals surface area contributed by atoms with E-state index in [0.717, 1.165) is 61.8 Å². The number of benzene rings is 1. The van der Waals surface area contributed by atoms with Crippen molar-refractivity contribution in [3.05, 3.63) is 65.5 Å². The zero-order valence-electron chi connectivity index (χ0n) is 16.4. The Kier molecular flexibility index (Phi) is 7.09. The molecule has 1 unspecified atom stereocenters. The van der Waals surface area contributed by atoms with E-state index in [2.05, 4.69) is 25.5 Å². The molecule has 1 aliphatic rings. The Morgan fingerprint density at radius 3 is 2.66 bits per heavy atom. The summed E-state index contributed by atoms with van der Waals surface area (Å²) in [6.07, 6.45) is -0.735. The van der Waals surface area contributed by atoms with Crippen LogP contribution >= 0.6 is 0 Å². The Hall–Kier alpha value is -2.61. The molecule has 1 aliphatic heterocycles.